The van der Waals surface area contributed by atoms with Crippen LogP contribution in [-0.4, -0.2) is 21.2 Å². The van der Waals surface area contributed by atoms with E-state index in [0.717, 1.165) is 46.3 Å². The SMILES string of the molecule is CCn1c(SCC(=O)Nc2ccc(C)cc2C)nc2sc3c(c2c1=O)CCC(C)C3. The van der Waals surface area contributed by atoms with Crippen LogP contribution in [0, 0.1) is 19.8 Å². The van der Waals surface area contributed by atoms with E-state index in [4.69, 9.17) is 4.98 Å². The van der Waals surface area contributed by atoms with Gasteiger partial charge in [0.15, 0.2) is 5.16 Å². The molecule has 0 radical (unpaired) electrons. The predicted octanol–water partition coefficient (Wildman–Crippen LogP) is 4.95. The number of fused-ring (bicyclic) bond motifs is 3. The number of thiophene rings is 1. The number of carbonyl (C=O) groups excluding carboxylic acids is 1. The van der Waals surface area contributed by atoms with Gasteiger partial charge in [-0.2, -0.15) is 0 Å². The first kappa shape index (κ1) is 21.1. The van der Waals surface area contributed by atoms with Gasteiger partial charge in [-0.1, -0.05) is 36.4 Å². The molecule has 1 aliphatic rings. The van der Waals surface area contributed by atoms with Crippen LogP contribution in [0.3, 0.4) is 0 Å². The third-order valence-corrected chi connectivity index (χ3v) is 7.81. The van der Waals surface area contributed by atoms with Crippen molar-refractivity contribution in [2.45, 2.75) is 58.7 Å². The van der Waals surface area contributed by atoms with Crippen molar-refractivity contribution in [2.24, 2.45) is 5.92 Å². The molecule has 0 saturated carbocycles. The molecule has 5 nitrogen and oxygen atoms in total. The second-order valence-electron chi connectivity index (χ2n) is 8.13. The molecule has 30 heavy (non-hydrogen) atoms. The molecule has 0 bridgehead atoms. The molecule has 158 valence electrons. The molecule has 1 aliphatic carbocycles. The Morgan fingerprint density at radius 2 is 2.17 bits per heavy atom. The van der Waals surface area contributed by atoms with Gasteiger partial charge in [0.05, 0.1) is 11.1 Å². The highest BCUT2D eigenvalue weighted by molar-refractivity contribution is 7.99. The number of hydrogen-bond acceptors (Lipinski definition) is 5. The van der Waals surface area contributed by atoms with Gasteiger partial charge in [-0.05, 0) is 63.1 Å². The van der Waals surface area contributed by atoms with Crippen LogP contribution >= 0.6 is 23.1 Å². The second-order valence-corrected chi connectivity index (χ2v) is 10.2. The van der Waals surface area contributed by atoms with Crippen molar-refractivity contribution in [3.8, 4) is 0 Å². The van der Waals surface area contributed by atoms with E-state index in [1.165, 1.54) is 22.2 Å². The lowest BCUT2D eigenvalue weighted by Crippen LogP contribution is -2.24. The highest BCUT2D eigenvalue weighted by Gasteiger charge is 2.24. The van der Waals surface area contributed by atoms with Crippen molar-refractivity contribution in [3.63, 3.8) is 0 Å². The maximum Gasteiger partial charge on any atom is 0.263 e. The molecule has 1 atom stereocenters. The number of hydrogen-bond donors (Lipinski definition) is 1. The summed E-state index contributed by atoms with van der Waals surface area (Å²) >= 11 is 2.98. The van der Waals surface area contributed by atoms with Gasteiger partial charge in [-0.25, -0.2) is 4.98 Å². The Morgan fingerprint density at radius 1 is 1.37 bits per heavy atom. The van der Waals surface area contributed by atoms with E-state index in [1.54, 1.807) is 15.9 Å². The molecule has 3 aromatic rings. The molecular weight excluding hydrogens is 414 g/mol. The summed E-state index contributed by atoms with van der Waals surface area (Å²) in [5, 5.41) is 4.39. The molecule has 2 aromatic heterocycles. The zero-order valence-corrected chi connectivity index (χ0v) is 19.5. The molecule has 7 heteroatoms. The predicted molar refractivity (Wildman–Crippen MR) is 126 cm³/mol. The average Bonchev–Trinajstić information content (AvgIpc) is 3.06. The van der Waals surface area contributed by atoms with Gasteiger partial charge in [-0.15, -0.1) is 11.3 Å². The number of aryl methyl sites for hydroxylation is 3. The number of nitrogens with one attached hydrogen (secondary N) is 1. The summed E-state index contributed by atoms with van der Waals surface area (Å²) in [5.74, 6) is 0.776. The lowest BCUT2D eigenvalue weighted by Gasteiger charge is -2.17. The van der Waals surface area contributed by atoms with Crippen molar-refractivity contribution >= 4 is 44.9 Å². The number of benzene rings is 1. The summed E-state index contributed by atoms with van der Waals surface area (Å²) in [6.07, 6.45) is 3.12. The van der Waals surface area contributed by atoms with E-state index < -0.39 is 0 Å². The van der Waals surface area contributed by atoms with E-state index in [0.29, 0.717) is 17.6 Å². The number of rotatable bonds is 5. The van der Waals surface area contributed by atoms with Crippen LogP contribution in [0.1, 0.15) is 41.8 Å². The lowest BCUT2D eigenvalue weighted by molar-refractivity contribution is -0.113. The maximum absolute atomic E-state index is 13.2. The number of thioether (sulfide) groups is 1. The minimum Gasteiger partial charge on any atom is -0.325 e. The van der Waals surface area contributed by atoms with Gasteiger partial charge in [0.25, 0.3) is 5.56 Å². The molecule has 4 rings (SSSR count). The van der Waals surface area contributed by atoms with Crippen molar-refractivity contribution in [1.29, 1.82) is 0 Å². The fourth-order valence-electron chi connectivity index (χ4n) is 4.06. The highest BCUT2D eigenvalue weighted by atomic mass is 32.2. The molecule has 0 spiro atoms. The van der Waals surface area contributed by atoms with Crippen molar-refractivity contribution in [1.82, 2.24) is 9.55 Å². The molecule has 1 N–H and O–H groups in total. The number of carbonyl (C=O) groups is 1. The van der Waals surface area contributed by atoms with E-state index in [2.05, 4.69) is 12.2 Å². The van der Waals surface area contributed by atoms with Crippen LogP contribution in [0.25, 0.3) is 10.2 Å². The van der Waals surface area contributed by atoms with Crippen molar-refractivity contribution < 1.29 is 4.79 Å². The van der Waals surface area contributed by atoms with Crippen LogP contribution in [0.15, 0.2) is 28.2 Å². The summed E-state index contributed by atoms with van der Waals surface area (Å²) in [7, 11) is 0. The Labute approximate surface area is 184 Å². The zero-order chi connectivity index (χ0) is 21.4. The van der Waals surface area contributed by atoms with E-state index in [1.807, 2.05) is 39.0 Å². The summed E-state index contributed by atoms with van der Waals surface area (Å²) in [4.78, 5) is 32.7. The second kappa shape index (κ2) is 8.55. The largest absolute Gasteiger partial charge is 0.325 e. The number of aromatic nitrogens is 2. The van der Waals surface area contributed by atoms with Gasteiger partial charge < -0.3 is 5.32 Å². The van der Waals surface area contributed by atoms with Crippen molar-refractivity contribution in [3.05, 3.63) is 50.1 Å². The molecular formula is C23H27N3O2S2. The summed E-state index contributed by atoms with van der Waals surface area (Å²) in [6, 6.07) is 5.96. The van der Waals surface area contributed by atoms with Gasteiger partial charge in [0.1, 0.15) is 4.83 Å². The number of nitrogens with zero attached hydrogens (tertiary/aromatic N) is 2. The first-order valence-electron chi connectivity index (χ1n) is 10.4. The quantitative estimate of drug-likeness (QED) is 0.449. The molecule has 0 aliphatic heterocycles. The summed E-state index contributed by atoms with van der Waals surface area (Å²) in [6.45, 7) is 8.78. The molecule has 0 fully saturated rings. The third kappa shape index (κ3) is 4.05. The van der Waals surface area contributed by atoms with Gasteiger partial charge in [-0.3, -0.25) is 14.2 Å². The zero-order valence-electron chi connectivity index (χ0n) is 17.9. The molecule has 2 heterocycles. The molecule has 1 unspecified atom stereocenters. The average molecular weight is 442 g/mol. The molecule has 1 amide bonds. The van der Waals surface area contributed by atoms with Crippen LogP contribution in [-0.2, 0) is 24.2 Å². The summed E-state index contributed by atoms with van der Waals surface area (Å²) in [5.41, 5.74) is 4.26. The van der Waals surface area contributed by atoms with E-state index in [-0.39, 0.29) is 17.2 Å². The standard InChI is InChI=1S/C23H27N3O2S2/c1-5-26-22(28)20-16-8-6-14(3)11-18(16)30-21(20)25-23(26)29-12-19(27)24-17-9-7-13(2)10-15(17)4/h7,9-10,14H,5-6,8,11-12H2,1-4H3,(H,24,27). The fraction of sp³-hybridized carbons (Fsp3) is 0.435. The normalized spacial score (nSPS) is 15.9. The Kier molecular flexibility index (Phi) is 6.02. The van der Waals surface area contributed by atoms with Gasteiger partial charge >= 0.3 is 0 Å². The smallest absolute Gasteiger partial charge is 0.263 e. The monoisotopic (exact) mass is 441 g/mol. The van der Waals surface area contributed by atoms with Crippen LogP contribution in [0.4, 0.5) is 5.69 Å². The lowest BCUT2D eigenvalue weighted by atomic mass is 9.89. The summed E-state index contributed by atoms with van der Waals surface area (Å²) < 4.78 is 1.71. The van der Waals surface area contributed by atoms with Crippen LogP contribution in [0.5, 0.6) is 0 Å². The van der Waals surface area contributed by atoms with Crippen molar-refractivity contribution in [2.75, 3.05) is 11.1 Å². The van der Waals surface area contributed by atoms with Gasteiger partial charge in [0, 0.05) is 17.1 Å². The number of anilines is 1. The Bertz CT molecular complexity index is 1180. The maximum atomic E-state index is 13.2. The van der Waals surface area contributed by atoms with Crippen LogP contribution < -0.4 is 10.9 Å². The Balaban J connectivity index is 1.58. The van der Waals surface area contributed by atoms with E-state index in [9.17, 15) is 9.59 Å². The van der Waals surface area contributed by atoms with E-state index >= 15 is 0 Å². The highest BCUT2D eigenvalue weighted by Crippen LogP contribution is 2.36. The topological polar surface area (TPSA) is 64.0 Å². The molecule has 0 saturated heterocycles. The first-order valence-corrected chi connectivity index (χ1v) is 12.2. The van der Waals surface area contributed by atoms with Crippen LogP contribution in [0.2, 0.25) is 0 Å². The fourth-order valence-corrected chi connectivity index (χ4v) is 6.35. The Hall–Kier alpha value is -2.12. The number of amides is 1. The first-order chi connectivity index (χ1) is 14.4. The minimum absolute atomic E-state index is 0.0341. The Morgan fingerprint density at radius 3 is 2.90 bits per heavy atom. The third-order valence-electron chi connectivity index (χ3n) is 5.68. The van der Waals surface area contributed by atoms with Gasteiger partial charge in [0.2, 0.25) is 5.91 Å². The minimum atomic E-state index is -0.0942. The molecule has 1 aromatic carbocycles.